The molecule has 1 saturated carbocycles. The Kier molecular flexibility index (Phi) is 11.3. The smallest absolute Gasteiger partial charge is 0.317 e. The number of hydrogen-bond acceptors (Lipinski definition) is 5. The number of halogens is 1. The molecule has 3 atom stereocenters. The third kappa shape index (κ3) is 8.06. The molecule has 1 aromatic carbocycles. The zero-order valence-corrected chi connectivity index (χ0v) is 22.9. The van der Waals surface area contributed by atoms with E-state index in [4.69, 9.17) is 16.3 Å². The van der Waals surface area contributed by atoms with Gasteiger partial charge in [-0.15, -0.1) is 0 Å². The highest BCUT2D eigenvalue weighted by Gasteiger charge is 2.41. The summed E-state index contributed by atoms with van der Waals surface area (Å²) in [6.45, 7) is 2.29. The zero-order valence-electron chi connectivity index (χ0n) is 22.1. The maximum absolute atomic E-state index is 13.2. The van der Waals surface area contributed by atoms with Gasteiger partial charge < -0.3 is 30.5 Å². The van der Waals surface area contributed by atoms with Gasteiger partial charge >= 0.3 is 6.03 Å². The van der Waals surface area contributed by atoms with E-state index in [-0.39, 0.29) is 18.0 Å². The molecular formula is C28H46ClN3O4. The highest BCUT2D eigenvalue weighted by molar-refractivity contribution is 6.30. The summed E-state index contributed by atoms with van der Waals surface area (Å²) in [6.07, 6.45) is 9.61. The SMILES string of the molecule is CN[C@@H](CNC(=O)N1CCC[C@@H]([C@@](O)(CCCCOC)c2cccc(Cl)c2)C1)CC1(O)CCCCC1. The lowest BCUT2D eigenvalue weighted by molar-refractivity contribution is -0.0563. The monoisotopic (exact) mass is 523 g/mol. The molecule has 0 spiro atoms. The summed E-state index contributed by atoms with van der Waals surface area (Å²) in [5, 5.41) is 29.9. The first kappa shape index (κ1) is 29.2. The van der Waals surface area contributed by atoms with Crippen molar-refractivity contribution in [1.29, 1.82) is 0 Å². The summed E-state index contributed by atoms with van der Waals surface area (Å²) in [5.74, 6) is -0.0824. The number of urea groups is 1. The molecule has 1 aromatic rings. The van der Waals surface area contributed by atoms with Crippen molar-refractivity contribution in [2.24, 2.45) is 5.92 Å². The molecule has 1 aliphatic carbocycles. The first-order valence-electron chi connectivity index (χ1n) is 13.7. The average molecular weight is 524 g/mol. The van der Waals surface area contributed by atoms with Gasteiger partial charge in [0.2, 0.25) is 0 Å². The van der Waals surface area contributed by atoms with Crippen molar-refractivity contribution in [1.82, 2.24) is 15.5 Å². The van der Waals surface area contributed by atoms with E-state index in [0.717, 1.165) is 56.9 Å². The molecule has 1 saturated heterocycles. The number of unbranched alkanes of at least 4 members (excludes halogenated alkanes) is 1. The van der Waals surface area contributed by atoms with Crippen molar-refractivity contribution >= 4 is 17.6 Å². The lowest BCUT2D eigenvalue weighted by Crippen LogP contribution is -2.53. The predicted molar refractivity (Wildman–Crippen MR) is 144 cm³/mol. The number of likely N-dealkylation sites (tertiary alicyclic amines) is 1. The highest BCUT2D eigenvalue weighted by Crippen LogP contribution is 2.40. The predicted octanol–water partition coefficient (Wildman–Crippen LogP) is 4.44. The van der Waals surface area contributed by atoms with Gasteiger partial charge in [0.1, 0.15) is 0 Å². The largest absolute Gasteiger partial charge is 0.390 e. The summed E-state index contributed by atoms with van der Waals surface area (Å²) in [5.41, 5.74) is -0.881. The molecule has 2 amide bonds. The number of carbonyl (C=O) groups is 1. The molecule has 3 rings (SSSR count). The van der Waals surface area contributed by atoms with Crippen LogP contribution in [0.1, 0.15) is 76.2 Å². The molecule has 1 aliphatic heterocycles. The highest BCUT2D eigenvalue weighted by atomic mass is 35.5. The molecular weight excluding hydrogens is 478 g/mol. The molecule has 36 heavy (non-hydrogen) atoms. The van der Waals surface area contributed by atoms with Crippen LogP contribution in [-0.2, 0) is 10.3 Å². The summed E-state index contributed by atoms with van der Waals surface area (Å²) in [4.78, 5) is 15.0. The van der Waals surface area contributed by atoms with Gasteiger partial charge in [0.25, 0.3) is 0 Å². The summed E-state index contributed by atoms with van der Waals surface area (Å²) in [6, 6.07) is 7.40. The van der Waals surface area contributed by atoms with Gasteiger partial charge in [0.15, 0.2) is 0 Å². The number of rotatable bonds is 12. The van der Waals surface area contributed by atoms with E-state index in [2.05, 4.69) is 10.6 Å². The molecule has 7 nitrogen and oxygen atoms in total. The number of nitrogens with zero attached hydrogens (tertiary/aromatic N) is 1. The number of ether oxygens (including phenoxy) is 1. The van der Waals surface area contributed by atoms with Crippen LogP contribution in [0.2, 0.25) is 5.02 Å². The van der Waals surface area contributed by atoms with Gasteiger partial charge in [-0.1, -0.05) is 43.0 Å². The minimum Gasteiger partial charge on any atom is -0.390 e. The van der Waals surface area contributed by atoms with Gasteiger partial charge in [0.05, 0.1) is 11.2 Å². The van der Waals surface area contributed by atoms with Gasteiger partial charge in [-0.25, -0.2) is 4.79 Å². The van der Waals surface area contributed by atoms with Crippen LogP contribution in [0.5, 0.6) is 0 Å². The molecule has 8 heteroatoms. The lowest BCUT2D eigenvalue weighted by Gasteiger charge is -2.43. The second-order valence-electron chi connectivity index (χ2n) is 10.8. The Morgan fingerprint density at radius 3 is 2.75 bits per heavy atom. The van der Waals surface area contributed by atoms with Crippen LogP contribution < -0.4 is 10.6 Å². The van der Waals surface area contributed by atoms with E-state index in [9.17, 15) is 15.0 Å². The molecule has 2 aliphatic rings. The molecule has 1 heterocycles. The number of piperidine rings is 1. The Labute approximate surface area is 221 Å². The Balaban J connectivity index is 1.62. The van der Waals surface area contributed by atoms with E-state index in [0.29, 0.717) is 44.1 Å². The van der Waals surface area contributed by atoms with Crippen molar-refractivity contribution < 1.29 is 19.7 Å². The number of hydrogen-bond donors (Lipinski definition) is 4. The Morgan fingerprint density at radius 2 is 2.06 bits per heavy atom. The zero-order chi connectivity index (χ0) is 26.0. The van der Waals surface area contributed by atoms with Crippen molar-refractivity contribution in [3.63, 3.8) is 0 Å². The second-order valence-corrected chi connectivity index (χ2v) is 11.3. The number of amides is 2. The van der Waals surface area contributed by atoms with Crippen LogP contribution in [0, 0.1) is 5.92 Å². The van der Waals surface area contributed by atoms with Crippen LogP contribution >= 0.6 is 11.6 Å². The van der Waals surface area contributed by atoms with Crippen LogP contribution in [0.25, 0.3) is 0 Å². The number of carbonyl (C=O) groups excluding carboxylic acids is 1. The summed E-state index contributed by atoms with van der Waals surface area (Å²) >= 11 is 6.29. The number of benzene rings is 1. The Bertz CT molecular complexity index is 820. The van der Waals surface area contributed by atoms with Crippen molar-refractivity contribution in [3.05, 3.63) is 34.9 Å². The second kappa shape index (κ2) is 14.0. The fourth-order valence-electron chi connectivity index (χ4n) is 6.01. The number of aliphatic hydroxyl groups is 2. The van der Waals surface area contributed by atoms with E-state index >= 15 is 0 Å². The van der Waals surface area contributed by atoms with Gasteiger partial charge in [0, 0.05) is 50.3 Å². The van der Waals surface area contributed by atoms with E-state index in [1.165, 1.54) is 6.42 Å². The number of nitrogens with one attached hydrogen (secondary N) is 2. The van der Waals surface area contributed by atoms with E-state index in [1.807, 2.05) is 36.2 Å². The average Bonchev–Trinajstić information content (AvgIpc) is 2.89. The lowest BCUT2D eigenvalue weighted by atomic mass is 9.74. The topological polar surface area (TPSA) is 94.1 Å². The quantitative estimate of drug-likeness (QED) is 0.304. The maximum Gasteiger partial charge on any atom is 0.317 e. The molecule has 0 bridgehead atoms. The molecule has 2 fully saturated rings. The normalized spacial score (nSPS) is 22.6. The minimum absolute atomic E-state index is 0.0156. The number of methoxy groups -OCH3 is 1. The molecule has 0 unspecified atom stereocenters. The van der Waals surface area contributed by atoms with E-state index < -0.39 is 11.2 Å². The third-order valence-corrected chi connectivity index (χ3v) is 8.42. The Morgan fingerprint density at radius 1 is 1.28 bits per heavy atom. The van der Waals surface area contributed by atoms with Crippen LogP contribution in [0.4, 0.5) is 4.79 Å². The first-order valence-corrected chi connectivity index (χ1v) is 14.1. The summed E-state index contributed by atoms with van der Waals surface area (Å²) in [7, 11) is 3.57. The van der Waals surface area contributed by atoms with Crippen LogP contribution in [0.3, 0.4) is 0 Å². The van der Waals surface area contributed by atoms with Gasteiger partial charge in [-0.05, 0) is 76.1 Å². The van der Waals surface area contributed by atoms with Crippen molar-refractivity contribution in [3.8, 4) is 0 Å². The number of likely N-dealkylation sites (N-methyl/N-ethyl adjacent to an activating group) is 1. The van der Waals surface area contributed by atoms with E-state index in [1.54, 1.807) is 7.11 Å². The maximum atomic E-state index is 13.2. The fourth-order valence-corrected chi connectivity index (χ4v) is 6.20. The van der Waals surface area contributed by atoms with Crippen molar-refractivity contribution in [2.75, 3.05) is 40.4 Å². The molecule has 204 valence electrons. The first-order chi connectivity index (χ1) is 17.3. The van der Waals surface area contributed by atoms with Crippen LogP contribution in [0.15, 0.2) is 24.3 Å². The third-order valence-electron chi connectivity index (χ3n) is 8.18. The fraction of sp³-hybridized carbons (Fsp3) is 0.750. The van der Waals surface area contributed by atoms with Crippen molar-refractivity contribution in [2.45, 2.75) is 87.9 Å². The molecule has 0 aromatic heterocycles. The Hall–Kier alpha value is -1.38. The molecule has 4 N–H and O–H groups in total. The van der Waals surface area contributed by atoms with Crippen LogP contribution in [-0.4, -0.2) is 73.2 Å². The van der Waals surface area contributed by atoms with Gasteiger partial charge in [-0.3, -0.25) is 0 Å². The summed E-state index contributed by atoms with van der Waals surface area (Å²) < 4.78 is 5.20. The molecule has 0 radical (unpaired) electrons. The minimum atomic E-state index is -1.06. The van der Waals surface area contributed by atoms with Gasteiger partial charge in [-0.2, -0.15) is 0 Å². The standard InChI is InChI=1S/C28H46ClN3O4/c1-30-25(19-27(34)13-4-3-5-14-27)20-31-26(33)32-16-9-11-23(21-32)28(35,15-6-7-17-36-2)22-10-8-12-24(29)18-22/h8,10,12,18,23,25,30,34-35H,3-7,9,11,13-17,19-21H2,1-2H3,(H,31,33)/t23-,25-,28-/m1/s1.